The summed E-state index contributed by atoms with van der Waals surface area (Å²) in [7, 11) is 0. The molecule has 172 valence electrons. The van der Waals surface area contributed by atoms with E-state index >= 15 is 0 Å². The number of carbonyl (C=O) groups excluding carboxylic acids is 2. The van der Waals surface area contributed by atoms with E-state index in [1.165, 1.54) is 5.56 Å². The first kappa shape index (κ1) is 28.3. The summed E-state index contributed by atoms with van der Waals surface area (Å²) in [6.07, 6.45) is 1.83. The van der Waals surface area contributed by atoms with Crippen LogP contribution >= 0.6 is 0 Å². The van der Waals surface area contributed by atoms with Crippen LogP contribution in [0.2, 0.25) is 0 Å². The fourth-order valence-electron chi connectivity index (χ4n) is 1.76. The molecular formula is C24H34O7. The maximum absolute atomic E-state index is 11.0. The number of benzene rings is 1. The van der Waals surface area contributed by atoms with Crippen molar-refractivity contribution in [3.8, 4) is 0 Å². The van der Waals surface area contributed by atoms with E-state index in [1.54, 1.807) is 13.8 Å². The van der Waals surface area contributed by atoms with Crippen LogP contribution in [0.4, 0.5) is 0 Å². The van der Waals surface area contributed by atoms with Crippen molar-refractivity contribution in [2.45, 2.75) is 13.8 Å². The van der Waals surface area contributed by atoms with Crippen LogP contribution in [0.15, 0.2) is 61.2 Å². The van der Waals surface area contributed by atoms with Gasteiger partial charge in [0.2, 0.25) is 0 Å². The van der Waals surface area contributed by atoms with Gasteiger partial charge in [0.1, 0.15) is 13.2 Å². The Morgan fingerprint density at radius 1 is 0.710 bits per heavy atom. The van der Waals surface area contributed by atoms with Gasteiger partial charge >= 0.3 is 11.9 Å². The number of carbonyl (C=O) groups is 2. The number of hydrogen-bond donors (Lipinski definition) is 0. The molecule has 7 heteroatoms. The molecule has 1 aromatic carbocycles. The second-order valence-corrected chi connectivity index (χ2v) is 6.28. The third-order valence-corrected chi connectivity index (χ3v) is 3.40. The lowest BCUT2D eigenvalue weighted by molar-refractivity contribution is -0.141. The molecule has 0 fully saturated rings. The van der Waals surface area contributed by atoms with E-state index in [0.29, 0.717) is 50.8 Å². The molecule has 0 saturated heterocycles. The zero-order valence-electron chi connectivity index (χ0n) is 18.6. The van der Waals surface area contributed by atoms with Crippen molar-refractivity contribution in [2.75, 3.05) is 52.9 Å². The summed E-state index contributed by atoms with van der Waals surface area (Å²) in [5.74, 6) is -0.841. The fourth-order valence-corrected chi connectivity index (χ4v) is 1.76. The molecule has 7 nitrogen and oxygen atoms in total. The maximum atomic E-state index is 11.0. The van der Waals surface area contributed by atoms with Crippen molar-refractivity contribution in [1.82, 2.24) is 0 Å². The fraction of sp³-hybridized carbons (Fsp3) is 0.417. The quantitative estimate of drug-likeness (QED) is 0.237. The van der Waals surface area contributed by atoms with Crippen molar-refractivity contribution in [1.29, 1.82) is 0 Å². The van der Waals surface area contributed by atoms with Gasteiger partial charge in [-0.1, -0.05) is 56.1 Å². The predicted molar refractivity (Wildman–Crippen MR) is 121 cm³/mol. The van der Waals surface area contributed by atoms with E-state index < -0.39 is 11.9 Å². The summed E-state index contributed by atoms with van der Waals surface area (Å²) < 4.78 is 25.4. The minimum absolute atomic E-state index is 0.192. The molecule has 0 bridgehead atoms. The van der Waals surface area contributed by atoms with Gasteiger partial charge in [-0.15, -0.1) is 0 Å². The van der Waals surface area contributed by atoms with E-state index in [0.717, 1.165) is 0 Å². The lowest BCUT2D eigenvalue weighted by atomic mass is 10.2. The Balaban J connectivity index is 0.000000929. The van der Waals surface area contributed by atoms with E-state index in [9.17, 15) is 9.59 Å². The summed E-state index contributed by atoms with van der Waals surface area (Å²) in [6.45, 7) is 16.4. The van der Waals surface area contributed by atoms with Gasteiger partial charge in [-0.2, -0.15) is 0 Å². The monoisotopic (exact) mass is 434 g/mol. The molecule has 0 aromatic heterocycles. The molecule has 0 heterocycles. The van der Waals surface area contributed by atoms with E-state index in [2.05, 4.69) is 19.7 Å². The van der Waals surface area contributed by atoms with Gasteiger partial charge in [0.15, 0.2) is 0 Å². The van der Waals surface area contributed by atoms with Crippen LogP contribution in [-0.4, -0.2) is 64.8 Å². The zero-order chi connectivity index (χ0) is 23.3. The molecule has 1 rings (SSSR count). The number of rotatable bonds is 15. The van der Waals surface area contributed by atoms with Crippen molar-refractivity contribution >= 4 is 18.0 Å². The molecule has 0 N–H and O–H groups in total. The van der Waals surface area contributed by atoms with Crippen molar-refractivity contribution in [2.24, 2.45) is 0 Å². The molecular weight excluding hydrogens is 400 g/mol. The zero-order valence-corrected chi connectivity index (χ0v) is 18.6. The highest BCUT2D eigenvalue weighted by atomic mass is 16.6. The molecule has 31 heavy (non-hydrogen) atoms. The summed E-state index contributed by atoms with van der Waals surface area (Å²) >= 11 is 0. The van der Waals surface area contributed by atoms with Gasteiger partial charge in [-0.25, -0.2) is 9.59 Å². The number of esters is 2. The molecule has 1 aromatic rings. The first-order valence-electron chi connectivity index (χ1n) is 9.94. The van der Waals surface area contributed by atoms with Crippen molar-refractivity contribution in [3.05, 3.63) is 66.8 Å². The molecule has 0 aliphatic rings. The molecule has 0 spiro atoms. The number of hydrogen-bond acceptors (Lipinski definition) is 7. The van der Waals surface area contributed by atoms with Gasteiger partial charge in [0.05, 0.1) is 39.6 Å². The van der Waals surface area contributed by atoms with Crippen molar-refractivity contribution < 1.29 is 33.3 Å². The lowest BCUT2D eigenvalue weighted by Crippen LogP contribution is -2.15. The Labute approximate surface area is 185 Å². The van der Waals surface area contributed by atoms with Gasteiger partial charge < -0.3 is 23.7 Å². The topological polar surface area (TPSA) is 80.3 Å². The molecule has 0 amide bonds. The molecule has 0 radical (unpaired) electrons. The van der Waals surface area contributed by atoms with Crippen LogP contribution < -0.4 is 0 Å². The normalized spacial score (nSPS) is 9.74. The second kappa shape index (κ2) is 19.2. The van der Waals surface area contributed by atoms with Crippen molar-refractivity contribution in [3.63, 3.8) is 0 Å². The van der Waals surface area contributed by atoms with Gasteiger partial charge in [0, 0.05) is 11.1 Å². The van der Waals surface area contributed by atoms with Crippen LogP contribution in [0, 0.1) is 0 Å². The average molecular weight is 435 g/mol. The second-order valence-electron chi connectivity index (χ2n) is 6.28. The van der Waals surface area contributed by atoms with Crippen LogP contribution in [0.3, 0.4) is 0 Å². The molecule has 0 unspecified atom stereocenters. The molecule has 0 aliphatic carbocycles. The first-order chi connectivity index (χ1) is 14.9. The highest BCUT2D eigenvalue weighted by molar-refractivity contribution is 5.87. The summed E-state index contributed by atoms with van der Waals surface area (Å²) in [4.78, 5) is 22.1. The van der Waals surface area contributed by atoms with Crippen LogP contribution in [0.1, 0.15) is 19.4 Å². The lowest BCUT2D eigenvalue weighted by Gasteiger charge is -2.08. The third kappa shape index (κ3) is 17.8. The highest BCUT2D eigenvalue weighted by Gasteiger charge is 2.02. The SMILES string of the molecule is C=C(C)C(=O)OCCOCCOCCOCCOC(=O)C(=C)C.C=Cc1ccccc1. The standard InChI is InChI=1S/C16H26O7.C8H8/c1-13(2)15(17)22-11-9-20-7-5-19-6-8-21-10-12-23-16(18)14(3)4;1-2-8-6-4-3-5-7-8/h1,3,5-12H2,2,4H3;2-7H,1H2. The maximum Gasteiger partial charge on any atom is 0.333 e. The Bertz CT molecular complexity index is 632. The van der Waals surface area contributed by atoms with Gasteiger partial charge in [-0.05, 0) is 19.4 Å². The summed E-state index contributed by atoms with van der Waals surface area (Å²) in [5, 5.41) is 0. The van der Waals surface area contributed by atoms with E-state index in [4.69, 9.17) is 23.7 Å². The van der Waals surface area contributed by atoms with E-state index in [-0.39, 0.29) is 13.2 Å². The predicted octanol–water partition coefficient (Wildman–Crippen LogP) is 3.60. The highest BCUT2D eigenvalue weighted by Crippen LogP contribution is 1.97. The smallest absolute Gasteiger partial charge is 0.333 e. The summed E-state index contributed by atoms with van der Waals surface area (Å²) in [6, 6.07) is 10.0. The van der Waals surface area contributed by atoms with Crippen LogP contribution in [-0.2, 0) is 33.3 Å². The average Bonchev–Trinajstić information content (AvgIpc) is 2.77. The Hall–Kier alpha value is -2.74. The largest absolute Gasteiger partial charge is 0.460 e. The van der Waals surface area contributed by atoms with Crippen LogP contribution in [0.5, 0.6) is 0 Å². The van der Waals surface area contributed by atoms with Gasteiger partial charge in [0.25, 0.3) is 0 Å². The number of ether oxygens (including phenoxy) is 5. The minimum Gasteiger partial charge on any atom is -0.460 e. The molecule has 0 saturated carbocycles. The van der Waals surface area contributed by atoms with Gasteiger partial charge in [-0.3, -0.25) is 0 Å². The Morgan fingerprint density at radius 3 is 1.35 bits per heavy atom. The summed E-state index contributed by atoms with van der Waals surface area (Å²) in [5.41, 5.74) is 1.90. The first-order valence-corrected chi connectivity index (χ1v) is 9.94. The third-order valence-electron chi connectivity index (χ3n) is 3.40. The Kier molecular flexibility index (Phi) is 17.5. The Morgan fingerprint density at radius 2 is 1.06 bits per heavy atom. The minimum atomic E-state index is -0.420. The van der Waals surface area contributed by atoms with E-state index in [1.807, 2.05) is 36.4 Å². The van der Waals surface area contributed by atoms with Crippen LogP contribution in [0.25, 0.3) is 6.08 Å². The molecule has 0 aliphatic heterocycles. The molecule has 0 atom stereocenters.